The Morgan fingerprint density at radius 1 is 0.974 bits per heavy atom. The number of fused-ring (bicyclic) bond motifs is 1. The van der Waals surface area contributed by atoms with Crippen LogP contribution < -0.4 is 14.8 Å². The van der Waals surface area contributed by atoms with E-state index in [1.54, 1.807) is 28.9 Å². The van der Waals surface area contributed by atoms with Crippen molar-refractivity contribution in [3.8, 4) is 34.1 Å². The number of carbonyl (C=O) groups is 1. The molecule has 3 aromatic carbocycles. The molecule has 6 rings (SSSR count). The summed E-state index contributed by atoms with van der Waals surface area (Å²) >= 11 is 4.72. The Morgan fingerprint density at radius 2 is 1.71 bits per heavy atom. The molecule has 38 heavy (non-hydrogen) atoms. The topological polar surface area (TPSA) is 91.4 Å². The van der Waals surface area contributed by atoms with Gasteiger partial charge < -0.3 is 4.74 Å². The molecule has 8 nitrogen and oxygen atoms in total. The second kappa shape index (κ2) is 9.81. The van der Waals surface area contributed by atoms with Crippen LogP contribution in [0.25, 0.3) is 39.4 Å². The molecule has 0 aliphatic carbocycles. The number of thiazole rings is 1. The molecule has 0 spiro atoms. The molecule has 0 aliphatic rings. The summed E-state index contributed by atoms with van der Waals surface area (Å²) in [5, 5.41) is 9.25. The first-order chi connectivity index (χ1) is 18.5. The molecule has 3 heterocycles. The number of rotatable bonds is 5. The van der Waals surface area contributed by atoms with Crippen LogP contribution in [-0.2, 0) is 4.79 Å². The second-order valence-electron chi connectivity index (χ2n) is 8.36. The Hall–Kier alpha value is -4.41. The average Bonchev–Trinajstić information content (AvgIpc) is 3.60. The number of benzene rings is 3. The summed E-state index contributed by atoms with van der Waals surface area (Å²) < 4.78 is 9.80. The van der Waals surface area contributed by atoms with E-state index >= 15 is 0 Å². The first-order valence-electron chi connectivity index (χ1n) is 11.6. The summed E-state index contributed by atoms with van der Waals surface area (Å²) in [5.41, 5.74) is 3.61. The van der Waals surface area contributed by atoms with E-state index in [4.69, 9.17) is 9.84 Å². The molecule has 0 unspecified atom stereocenters. The van der Waals surface area contributed by atoms with Crippen LogP contribution in [0.1, 0.15) is 12.5 Å². The number of nitrogens with zero attached hydrogens (tertiary/aromatic N) is 5. The predicted octanol–water partition coefficient (Wildman–Crippen LogP) is 4.91. The number of esters is 1. The van der Waals surface area contributed by atoms with Crippen LogP contribution in [0.5, 0.6) is 5.75 Å². The second-order valence-corrected chi connectivity index (χ2v) is 10.3. The Bertz CT molecular complexity index is 1910. The number of halogens is 1. The lowest BCUT2D eigenvalue weighted by Crippen LogP contribution is -2.23. The molecule has 0 fully saturated rings. The van der Waals surface area contributed by atoms with Gasteiger partial charge in [-0.25, -0.2) is 4.68 Å². The minimum atomic E-state index is -0.447. The van der Waals surface area contributed by atoms with Gasteiger partial charge in [-0.2, -0.15) is 14.6 Å². The van der Waals surface area contributed by atoms with Gasteiger partial charge in [0.1, 0.15) is 5.75 Å². The van der Waals surface area contributed by atoms with Crippen LogP contribution in [0.4, 0.5) is 0 Å². The molecule has 10 heteroatoms. The molecular formula is C28H18BrN5O3S. The fraction of sp³-hybridized carbons (Fsp3) is 0.0357. The number of aromatic nitrogens is 5. The number of carbonyl (C=O) groups excluding carboxylic acids is 1. The lowest BCUT2D eigenvalue weighted by atomic mass is 10.1. The molecule has 3 aromatic heterocycles. The largest absolute Gasteiger partial charge is 0.426 e. The highest BCUT2D eigenvalue weighted by Crippen LogP contribution is 2.28. The Kier molecular flexibility index (Phi) is 6.18. The molecule has 0 bridgehead atoms. The van der Waals surface area contributed by atoms with Crippen LogP contribution in [-0.4, -0.2) is 30.3 Å². The lowest BCUT2D eigenvalue weighted by molar-refractivity contribution is -0.131. The zero-order chi connectivity index (χ0) is 26.2. The number of hydrogen-bond acceptors (Lipinski definition) is 7. The summed E-state index contributed by atoms with van der Waals surface area (Å²) in [6, 6.07) is 24.6. The third-order valence-electron chi connectivity index (χ3n) is 5.73. The maximum atomic E-state index is 13.3. The van der Waals surface area contributed by atoms with Crippen molar-refractivity contribution in [1.29, 1.82) is 0 Å². The van der Waals surface area contributed by atoms with Crippen molar-refractivity contribution in [2.45, 2.75) is 6.92 Å². The minimum absolute atomic E-state index is 0.289. The van der Waals surface area contributed by atoms with Gasteiger partial charge in [-0.15, -0.1) is 5.10 Å². The van der Waals surface area contributed by atoms with Crippen molar-refractivity contribution in [2.75, 3.05) is 0 Å². The van der Waals surface area contributed by atoms with E-state index in [-0.39, 0.29) is 5.56 Å². The zero-order valence-electron chi connectivity index (χ0n) is 19.9. The van der Waals surface area contributed by atoms with E-state index in [1.807, 2.05) is 66.9 Å². The van der Waals surface area contributed by atoms with Gasteiger partial charge in [0.15, 0.2) is 5.82 Å². The van der Waals surface area contributed by atoms with Crippen molar-refractivity contribution in [3.05, 3.63) is 110 Å². The van der Waals surface area contributed by atoms with Gasteiger partial charge in [0.25, 0.3) is 5.56 Å². The highest BCUT2D eigenvalue weighted by molar-refractivity contribution is 9.10. The summed E-state index contributed by atoms with van der Waals surface area (Å²) in [7, 11) is 0. The van der Waals surface area contributed by atoms with Crippen molar-refractivity contribution >= 4 is 44.3 Å². The van der Waals surface area contributed by atoms with Gasteiger partial charge in [0.2, 0.25) is 4.96 Å². The maximum Gasteiger partial charge on any atom is 0.308 e. The Balaban J connectivity index is 1.46. The highest BCUT2D eigenvalue weighted by Gasteiger charge is 2.17. The Labute approximate surface area is 228 Å². The van der Waals surface area contributed by atoms with Gasteiger partial charge >= 0.3 is 5.97 Å². The Morgan fingerprint density at radius 3 is 2.45 bits per heavy atom. The van der Waals surface area contributed by atoms with Crippen LogP contribution in [0, 0.1) is 0 Å². The first kappa shape index (κ1) is 24.0. The van der Waals surface area contributed by atoms with Gasteiger partial charge in [-0.1, -0.05) is 69.7 Å². The molecule has 0 saturated heterocycles. The first-order valence-corrected chi connectivity index (χ1v) is 13.2. The van der Waals surface area contributed by atoms with Crippen molar-refractivity contribution in [1.82, 2.24) is 24.4 Å². The fourth-order valence-corrected chi connectivity index (χ4v) is 5.19. The minimum Gasteiger partial charge on any atom is -0.426 e. The molecule has 0 atom stereocenters. The van der Waals surface area contributed by atoms with Gasteiger partial charge in [0, 0.05) is 28.7 Å². The smallest absolute Gasteiger partial charge is 0.308 e. The van der Waals surface area contributed by atoms with E-state index in [0.29, 0.717) is 26.6 Å². The fourth-order valence-electron chi connectivity index (χ4n) is 4.02. The molecular weight excluding hydrogens is 566 g/mol. The molecule has 0 radical (unpaired) electrons. The molecule has 0 aliphatic heterocycles. The van der Waals surface area contributed by atoms with Crippen molar-refractivity contribution < 1.29 is 9.53 Å². The maximum absolute atomic E-state index is 13.3. The van der Waals surface area contributed by atoms with E-state index in [2.05, 4.69) is 26.0 Å². The van der Waals surface area contributed by atoms with Gasteiger partial charge in [0.05, 0.1) is 21.5 Å². The molecule has 0 amide bonds. The number of ether oxygens (including phenoxy) is 1. The molecule has 6 aromatic rings. The highest BCUT2D eigenvalue weighted by atomic mass is 79.9. The summed E-state index contributed by atoms with van der Waals surface area (Å²) in [6.45, 7) is 1.33. The third-order valence-corrected chi connectivity index (χ3v) is 7.22. The van der Waals surface area contributed by atoms with E-state index < -0.39 is 5.97 Å². The quantitative estimate of drug-likeness (QED) is 0.211. The summed E-state index contributed by atoms with van der Waals surface area (Å²) in [6.07, 6.45) is 3.72. The average molecular weight is 584 g/mol. The van der Waals surface area contributed by atoms with Crippen LogP contribution >= 0.6 is 27.3 Å². The molecule has 0 saturated carbocycles. The van der Waals surface area contributed by atoms with E-state index in [0.717, 1.165) is 27.0 Å². The number of hydrogen-bond donors (Lipinski definition) is 0. The molecule has 186 valence electrons. The third kappa shape index (κ3) is 4.55. The lowest BCUT2D eigenvalue weighted by Gasteiger charge is -2.04. The monoisotopic (exact) mass is 583 g/mol. The predicted molar refractivity (Wildman–Crippen MR) is 149 cm³/mol. The summed E-state index contributed by atoms with van der Waals surface area (Å²) in [5.74, 6) is 0.201. The van der Waals surface area contributed by atoms with Crippen LogP contribution in [0.2, 0.25) is 0 Å². The van der Waals surface area contributed by atoms with Gasteiger partial charge in [-0.05, 0) is 42.5 Å². The normalized spacial score (nSPS) is 11.8. The van der Waals surface area contributed by atoms with Gasteiger partial charge in [-0.3, -0.25) is 9.59 Å². The summed E-state index contributed by atoms with van der Waals surface area (Å²) in [4.78, 5) is 29.8. The number of para-hydroxylation sites is 2. The SMILES string of the molecule is CC(=O)Oc1ccccc1-c1nc2s/c(=C\c3cn(-c4ccccc4)nc3-c3ccc(Br)cc3)c(=O)n2n1. The van der Waals surface area contributed by atoms with Crippen molar-refractivity contribution in [3.63, 3.8) is 0 Å². The van der Waals surface area contributed by atoms with Crippen LogP contribution in [0.15, 0.2) is 94.3 Å². The van der Waals surface area contributed by atoms with Crippen LogP contribution in [0.3, 0.4) is 0 Å². The molecule has 0 N–H and O–H groups in total. The van der Waals surface area contributed by atoms with Crippen molar-refractivity contribution in [2.24, 2.45) is 0 Å². The standard InChI is InChI=1S/C28H18BrN5O3S/c1-17(35)37-23-10-6-5-9-22(23)26-30-28-34(32-26)27(36)24(38-28)15-19-16-33(21-7-3-2-4-8-21)31-25(19)18-11-13-20(29)14-12-18/h2-16H,1H3/b24-15-. The zero-order valence-corrected chi connectivity index (χ0v) is 22.3. The van der Waals surface area contributed by atoms with E-state index in [9.17, 15) is 9.59 Å². The van der Waals surface area contributed by atoms with E-state index in [1.165, 1.54) is 22.8 Å².